The van der Waals surface area contributed by atoms with Gasteiger partial charge in [-0.2, -0.15) is 5.10 Å². The highest BCUT2D eigenvalue weighted by atomic mass is 16.5. The Morgan fingerprint density at radius 1 is 0.968 bits per heavy atom. The van der Waals surface area contributed by atoms with Crippen molar-refractivity contribution in [1.29, 1.82) is 0 Å². The van der Waals surface area contributed by atoms with Crippen molar-refractivity contribution in [3.05, 3.63) is 67.1 Å². The number of imidazole rings is 1. The van der Waals surface area contributed by atoms with E-state index in [0.717, 1.165) is 65.7 Å². The van der Waals surface area contributed by atoms with E-state index in [4.69, 9.17) is 9.72 Å². The number of morpholine rings is 1. The second-order valence-electron chi connectivity index (χ2n) is 7.53. The molecule has 1 aliphatic heterocycles. The van der Waals surface area contributed by atoms with Gasteiger partial charge < -0.3 is 15.0 Å². The fourth-order valence-corrected chi connectivity index (χ4v) is 4.04. The third-order valence-corrected chi connectivity index (χ3v) is 5.64. The smallest absolute Gasteiger partial charge is 0.180 e. The molecule has 0 atom stereocenters. The zero-order valence-electron chi connectivity index (χ0n) is 16.8. The number of nitrogens with one attached hydrogen (secondary N) is 2. The lowest BCUT2D eigenvalue weighted by Crippen LogP contribution is -2.36. The van der Waals surface area contributed by atoms with Crippen molar-refractivity contribution in [2.75, 3.05) is 36.5 Å². The number of fused-ring (bicyclic) bond motifs is 3. The van der Waals surface area contributed by atoms with Gasteiger partial charge in [0.05, 0.1) is 29.9 Å². The van der Waals surface area contributed by atoms with E-state index >= 15 is 0 Å². The molecular formula is C23H21N7O. The maximum atomic E-state index is 5.44. The number of nitrogens with zero attached hydrogens (tertiary/aromatic N) is 5. The number of benzene rings is 2. The quantitative estimate of drug-likeness (QED) is 0.467. The van der Waals surface area contributed by atoms with E-state index in [2.05, 4.69) is 60.1 Å². The van der Waals surface area contributed by atoms with E-state index in [1.165, 1.54) is 5.69 Å². The standard InChI is InChI=1S/C23H21N7O/c1-6-20-21(15-16(1)19-7-8-25-28-19)30-10-9-24-23(30)22(27-20)26-17-2-4-18(5-3-17)29-11-13-31-14-12-29/h1-10,15H,11-14H2,(H,25,28)(H,26,27). The van der Waals surface area contributed by atoms with Gasteiger partial charge in [0, 0.05) is 48.6 Å². The first-order valence-electron chi connectivity index (χ1n) is 10.3. The number of hydrogen-bond donors (Lipinski definition) is 2. The van der Waals surface area contributed by atoms with Crippen LogP contribution in [0.15, 0.2) is 67.1 Å². The molecule has 3 aromatic heterocycles. The molecule has 1 saturated heterocycles. The molecule has 8 nitrogen and oxygen atoms in total. The largest absolute Gasteiger partial charge is 0.378 e. The van der Waals surface area contributed by atoms with Crippen molar-refractivity contribution in [2.45, 2.75) is 0 Å². The molecule has 1 aliphatic rings. The van der Waals surface area contributed by atoms with Crippen molar-refractivity contribution in [3.8, 4) is 11.3 Å². The zero-order chi connectivity index (χ0) is 20.6. The Morgan fingerprint density at radius 2 is 1.84 bits per heavy atom. The summed E-state index contributed by atoms with van der Waals surface area (Å²) in [5, 5.41) is 10.5. The summed E-state index contributed by atoms with van der Waals surface area (Å²) in [6.07, 6.45) is 5.51. The van der Waals surface area contributed by atoms with Crippen molar-refractivity contribution in [1.82, 2.24) is 24.6 Å². The highest BCUT2D eigenvalue weighted by Gasteiger charge is 2.13. The number of hydrogen-bond acceptors (Lipinski definition) is 6. The molecule has 0 radical (unpaired) electrons. The zero-order valence-corrected chi connectivity index (χ0v) is 16.8. The Morgan fingerprint density at radius 3 is 2.65 bits per heavy atom. The molecule has 0 spiro atoms. The second-order valence-corrected chi connectivity index (χ2v) is 7.53. The van der Waals surface area contributed by atoms with Gasteiger partial charge in [0.15, 0.2) is 11.5 Å². The summed E-state index contributed by atoms with van der Waals surface area (Å²) < 4.78 is 7.51. The maximum Gasteiger partial charge on any atom is 0.180 e. The van der Waals surface area contributed by atoms with Crippen molar-refractivity contribution in [2.24, 2.45) is 0 Å². The highest BCUT2D eigenvalue weighted by Crippen LogP contribution is 2.28. The number of H-pyrrole nitrogens is 1. The Balaban J connectivity index is 1.35. The normalized spacial score (nSPS) is 14.4. The van der Waals surface area contributed by atoms with Crippen molar-refractivity contribution in [3.63, 3.8) is 0 Å². The van der Waals surface area contributed by atoms with Gasteiger partial charge in [-0.25, -0.2) is 9.97 Å². The molecule has 0 amide bonds. The monoisotopic (exact) mass is 411 g/mol. The van der Waals surface area contributed by atoms with Gasteiger partial charge in [0.2, 0.25) is 0 Å². The molecule has 0 unspecified atom stereocenters. The molecule has 0 bridgehead atoms. The van der Waals surface area contributed by atoms with Crippen LogP contribution in [0.4, 0.5) is 17.2 Å². The SMILES string of the molecule is c1cc(-c2ccc3nc(Nc4ccc(N5CCOCC5)cc4)c4nccn4c3c2)[nH]n1. The van der Waals surface area contributed by atoms with Crippen LogP contribution >= 0.6 is 0 Å². The van der Waals surface area contributed by atoms with E-state index < -0.39 is 0 Å². The lowest BCUT2D eigenvalue weighted by atomic mass is 10.1. The van der Waals surface area contributed by atoms with E-state index in [1.807, 2.05) is 24.4 Å². The van der Waals surface area contributed by atoms with Crippen LogP contribution in [0, 0.1) is 0 Å². The number of rotatable bonds is 4. The summed E-state index contributed by atoms with van der Waals surface area (Å²) in [4.78, 5) is 11.7. The van der Waals surface area contributed by atoms with Gasteiger partial charge in [-0.3, -0.25) is 9.50 Å². The molecule has 4 heterocycles. The van der Waals surface area contributed by atoms with Crippen LogP contribution in [0.2, 0.25) is 0 Å². The Kier molecular flexibility index (Phi) is 4.28. The third kappa shape index (κ3) is 3.27. The van der Waals surface area contributed by atoms with Crippen LogP contribution in [0.25, 0.3) is 27.9 Å². The third-order valence-electron chi connectivity index (χ3n) is 5.64. The molecule has 2 aromatic carbocycles. The van der Waals surface area contributed by atoms with Gasteiger partial charge in [0.25, 0.3) is 0 Å². The summed E-state index contributed by atoms with van der Waals surface area (Å²) in [7, 11) is 0. The molecule has 2 N–H and O–H groups in total. The minimum atomic E-state index is 0.728. The average molecular weight is 411 g/mol. The molecule has 8 heteroatoms. The Bertz CT molecular complexity index is 1340. The van der Waals surface area contributed by atoms with Crippen molar-refractivity contribution >= 4 is 33.9 Å². The molecule has 31 heavy (non-hydrogen) atoms. The van der Waals surface area contributed by atoms with E-state index in [1.54, 1.807) is 12.4 Å². The van der Waals surface area contributed by atoms with E-state index in [0.29, 0.717) is 0 Å². The first-order chi connectivity index (χ1) is 15.3. The van der Waals surface area contributed by atoms with E-state index in [-0.39, 0.29) is 0 Å². The molecule has 6 rings (SSSR count). The molecule has 5 aromatic rings. The number of aromatic amines is 1. The van der Waals surface area contributed by atoms with Crippen LogP contribution < -0.4 is 10.2 Å². The summed E-state index contributed by atoms with van der Waals surface area (Å²) in [5.41, 5.74) is 6.87. The maximum absolute atomic E-state index is 5.44. The van der Waals surface area contributed by atoms with Crippen LogP contribution in [0.5, 0.6) is 0 Å². The van der Waals surface area contributed by atoms with E-state index in [9.17, 15) is 0 Å². The second kappa shape index (κ2) is 7.41. The van der Waals surface area contributed by atoms with Crippen LogP contribution in [-0.4, -0.2) is 50.9 Å². The number of ether oxygens (including phenoxy) is 1. The Hall–Kier alpha value is -3.91. The first kappa shape index (κ1) is 17.9. The molecule has 0 saturated carbocycles. The van der Waals surface area contributed by atoms with Gasteiger partial charge in [-0.1, -0.05) is 6.07 Å². The van der Waals surface area contributed by atoms with Gasteiger partial charge in [-0.05, 0) is 42.5 Å². The first-order valence-corrected chi connectivity index (χ1v) is 10.3. The van der Waals surface area contributed by atoms with Crippen LogP contribution in [0.1, 0.15) is 0 Å². The fourth-order valence-electron chi connectivity index (χ4n) is 4.04. The minimum Gasteiger partial charge on any atom is -0.378 e. The summed E-state index contributed by atoms with van der Waals surface area (Å²) >= 11 is 0. The van der Waals surface area contributed by atoms with Crippen LogP contribution in [-0.2, 0) is 4.74 Å². The number of anilines is 3. The molecule has 154 valence electrons. The van der Waals surface area contributed by atoms with Gasteiger partial charge in [-0.15, -0.1) is 0 Å². The highest BCUT2D eigenvalue weighted by molar-refractivity contribution is 5.87. The Labute approximate surface area is 178 Å². The predicted octanol–water partition coefficient (Wildman–Crippen LogP) is 3.85. The lowest BCUT2D eigenvalue weighted by molar-refractivity contribution is 0.122. The summed E-state index contributed by atoms with van der Waals surface area (Å²) in [5.74, 6) is 0.728. The number of aromatic nitrogens is 5. The lowest BCUT2D eigenvalue weighted by Gasteiger charge is -2.28. The topological polar surface area (TPSA) is 83.4 Å². The average Bonchev–Trinajstić information content (AvgIpc) is 3.53. The van der Waals surface area contributed by atoms with Crippen LogP contribution in [0.3, 0.4) is 0 Å². The fraction of sp³-hybridized carbons (Fsp3) is 0.174. The summed E-state index contributed by atoms with van der Waals surface area (Å²) in [6.45, 7) is 3.41. The molecular weight excluding hydrogens is 390 g/mol. The predicted molar refractivity (Wildman–Crippen MR) is 121 cm³/mol. The van der Waals surface area contributed by atoms with Gasteiger partial charge >= 0.3 is 0 Å². The summed E-state index contributed by atoms with van der Waals surface area (Å²) in [6, 6.07) is 16.6. The molecule has 1 fully saturated rings. The van der Waals surface area contributed by atoms with Crippen molar-refractivity contribution < 1.29 is 4.74 Å². The van der Waals surface area contributed by atoms with Gasteiger partial charge in [0.1, 0.15) is 0 Å². The molecule has 0 aliphatic carbocycles. The minimum absolute atomic E-state index is 0.728.